The number of amides is 4. The minimum atomic E-state index is -1.64. The van der Waals surface area contributed by atoms with Crippen LogP contribution in [0.2, 0.25) is 0 Å². The lowest BCUT2D eigenvalue weighted by molar-refractivity contribution is -0.145. The second kappa shape index (κ2) is 12.5. The predicted molar refractivity (Wildman–Crippen MR) is 125 cm³/mol. The van der Waals surface area contributed by atoms with Crippen LogP contribution in [0.3, 0.4) is 0 Å². The van der Waals surface area contributed by atoms with E-state index >= 15 is 0 Å². The fraction of sp³-hybridized carbons (Fsp3) is 0.409. The smallest absolute Gasteiger partial charge is 0.328 e. The number of carbonyl (C=O) groups excluding carboxylic acids is 4. The number of primary amides is 1. The van der Waals surface area contributed by atoms with Crippen molar-refractivity contribution in [3.63, 3.8) is 0 Å². The fourth-order valence-electron chi connectivity index (χ4n) is 3.45. The molecule has 2 aromatic rings. The molecule has 13 heteroatoms. The third-order valence-corrected chi connectivity index (χ3v) is 5.29. The van der Waals surface area contributed by atoms with E-state index in [2.05, 4.69) is 20.9 Å². The van der Waals surface area contributed by atoms with Gasteiger partial charge in [0, 0.05) is 29.9 Å². The summed E-state index contributed by atoms with van der Waals surface area (Å²) >= 11 is 0. The van der Waals surface area contributed by atoms with Crippen LogP contribution in [0, 0.1) is 0 Å². The summed E-state index contributed by atoms with van der Waals surface area (Å²) in [5.41, 5.74) is 12.1. The van der Waals surface area contributed by atoms with Crippen LogP contribution in [-0.2, 0) is 30.4 Å². The largest absolute Gasteiger partial charge is 0.480 e. The summed E-state index contributed by atoms with van der Waals surface area (Å²) in [5.74, 6) is -4.53. The molecule has 4 amide bonds. The average Bonchev–Trinajstić information content (AvgIpc) is 3.21. The van der Waals surface area contributed by atoms with Crippen molar-refractivity contribution < 1.29 is 34.2 Å². The van der Waals surface area contributed by atoms with Crippen LogP contribution in [0.25, 0.3) is 10.9 Å². The summed E-state index contributed by atoms with van der Waals surface area (Å²) in [6, 6.07) is 3.19. The van der Waals surface area contributed by atoms with E-state index in [1.165, 1.54) is 6.92 Å². The number of nitrogens with two attached hydrogens (primary N) is 2. The molecule has 0 saturated heterocycles. The molecular formula is C22H30N6O7. The number of H-pyrrole nitrogens is 1. The number of hydrogen-bond acceptors (Lipinski definition) is 7. The molecule has 1 heterocycles. The Balaban J connectivity index is 2.26. The van der Waals surface area contributed by atoms with Crippen molar-refractivity contribution >= 4 is 40.5 Å². The number of aliphatic hydroxyl groups is 1. The number of para-hydroxylation sites is 1. The molecule has 35 heavy (non-hydrogen) atoms. The van der Waals surface area contributed by atoms with Crippen LogP contribution in [0.5, 0.6) is 0 Å². The normalized spacial score (nSPS) is 14.4. The van der Waals surface area contributed by atoms with Gasteiger partial charge in [0.05, 0.1) is 12.6 Å². The second-order valence-electron chi connectivity index (χ2n) is 8.02. The molecule has 0 saturated carbocycles. The minimum absolute atomic E-state index is 0.0527. The van der Waals surface area contributed by atoms with E-state index < -0.39 is 53.8 Å². The van der Waals surface area contributed by atoms with Crippen molar-refractivity contribution in [3.05, 3.63) is 36.0 Å². The lowest BCUT2D eigenvalue weighted by Crippen LogP contribution is -2.58. The second-order valence-corrected chi connectivity index (χ2v) is 8.02. The first-order chi connectivity index (χ1) is 16.5. The Labute approximate surface area is 200 Å². The molecule has 0 bridgehead atoms. The van der Waals surface area contributed by atoms with E-state index in [0.29, 0.717) is 0 Å². The summed E-state index contributed by atoms with van der Waals surface area (Å²) in [7, 11) is 0. The molecule has 0 aliphatic rings. The van der Waals surface area contributed by atoms with E-state index in [1.54, 1.807) is 6.20 Å². The van der Waals surface area contributed by atoms with E-state index in [1.807, 2.05) is 24.3 Å². The highest BCUT2D eigenvalue weighted by atomic mass is 16.4. The molecule has 4 atom stereocenters. The lowest BCUT2D eigenvalue weighted by atomic mass is 10.0. The Morgan fingerprint density at radius 1 is 1.03 bits per heavy atom. The van der Waals surface area contributed by atoms with Crippen LogP contribution in [0.15, 0.2) is 30.5 Å². The van der Waals surface area contributed by atoms with Gasteiger partial charge in [-0.25, -0.2) is 4.79 Å². The monoisotopic (exact) mass is 490 g/mol. The maximum Gasteiger partial charge on any atom is 0.328 e. The van der Waals surface area contributed by atoms with Gasteiger partial charge in [-0.2, -0.15) is 0 Å². The third kappa shape index (κ3) is 7.79. The zero-order valence-corrected chi connectivity index (χ0v) is 19.1. The van der Waals surface area contributed by atoms with Gasteiger partial charge in [0.2, 0.25) is 23.6 Å². The molecule has 2 rings (SSSR count). The van der Waals surface area contributed by atoms with Crippen molar-refractivity contribution in [2.24, 2.45) is 11.5 Å². The van der Waals surface area contributed by atoms with Gasteiger partial charge >= 0.3 is 5.97 Å². The SMILES string of the molecule is CC(O)C(NC(=O)C(CCC(N)=O)NC(=O)C(Cc1c[nH]c2ccccc12)NC(=O)CN)C(=O)O. The van der Waals surface area contributed by atoms with Crippen LogP contribution in [0.4, 0.5) is 0 Å². The number of carboxylic acids is 1. The van der Waals surface area contributed by atoms with Gasteiger partial charge in [-0.3, -0.25) is 19.2 Å². The standard InChI is InChI=1S/C22H30N6O7/c1-11(29)19(22(34)35)28-20(32)15(6-7-17(24)30)27-21(33)16(26-18(31)9-23)8-12-10-25-14-5-3-2-4-13(12)14/h2-5,10-11,15-16,19,25,29H,6-9,23H2,1H3,(H2,24,30)(H,26,31)(H,27,33)(H,28,32)(H,34,35). The Morgan fingerprint density at radius 3 is 2.29 bits per heavy atom. The molecule has 1 aromatic carbocycles. The summed E-state index contributed by atoms with van der Waals surface area (Å²) in [4.78, 5) is 63.5. The number of aliphatic carboxylic acids is 1. The van der Waals surface area contributed by atoms with Gasteiger partial charge < -0.3 is 42.6 Å². The summed E-state index contributed by atoms with van der Waals surface area (Å²) in [5, 5.41) is 26.8. The number of hydrogen-bond donors (Lipinski definition) is 8. The summed E-state index contributed by atoms with van der Waals surface area (Å²) in [6.45, 7) is 0.799. The highest BCUT2D eigenvalue weighted by molar-refractivity contribution is 5.94. The van der Waals surface area contributed by atoms with Gasteiger partial charge in [-0.05, 0) is 25.0 Å². The van der Waals surface area contributed by atoms with Crippen LogP contribution >= 0.6 is 0 Å². The first-order valence-corrected chi connectivity index (χ1v) is 10.9. The van der Waals surface area contributed by atoms with Crippen LogP contribution < -0.4 is 27.4 Å². The van der Waals surface area contributed by atoms with E-state index in [4.69, 9.17) is 11.5 Å². The molecule has 0 aliphatic carbocycles. The number of aromatic nitrogens is 1. The average molecular weight is 491 g/mol. The van der Waals surface area contributed by atoms with Gasteiger partial charge in [-0.1, -0.05) is 18.2 Å². The molecule has 13 nitrogen and oxygen atoms in total. The van der Waals surface area contributed by atoms with Gasteiger partial charge in [0.25, 0.3) is 0 Å². The molecule has 190 valence electrons. The highest BCUT2D eigenvalue weighted by Crippen LogP contribution is 2.19. The molecular weight excluding hydrogens is 460 g/mol. The number of nitrogens with one attached hydrogen (secondary N) is 4. The Bertz CT molecular complexity index is 1080. The van der Waals surface area contributed by atoms with Crippen molar-refractivity contribution in [2.75, 3.05) is 6.54 Å². The van der Waals surface area contributed by atoms with E-state index in [-0.39, 0.29) is 25.8 Å². The first kappa shape index (κ1) is 27.3. The quantitative estimate of drug-likeness (QED) is 0.154. The minimum Gasteiger partial charge on any atom is -0.480 e. The van der Waals surface area contributed by atoms with Crippen molar-refractivity contribution in [1.82, 2.24) is 20.9 Å². The number of rotatable bonds is 13. The maximum absolute atomic E-state index is 13.1. The highest BCUT2D eigenvalue weighted by Gasteiger charge is 2.31. The molecule has 10 N–H and O–H groups in total. The van der Waals surface area contributed by atoms with Crippen molar-refractivity contribution in [1.29, 1.82) is 0 Å². The summed E-state index contributed by atoms with van der Waals surface area (Å²) < 4.78 is 0. The molecule has 4 unspecified atom stereocenters. The number of fused-ring (bicyclic) bond motifs is 1. The van der Waals surface area contributed by atoms with E-state index in [0.717, 1.165) is 16.5 Å². The van der Waals surface area contributed by atoms with E-state index in [9.17, 15) is 34.2 Å². The topological polar surface area (TPSA) is 230 Å². The zero-order valence-electron chi connectivity index (χ0n) is 19.1. The Hall–Kier alpha value is -3.97. The van der Waals surface area contributed by atoms with Gasteiger partial charge in [0.1, 0.15) is 12.1 Å². The third-order valence-electron chi connectivity index (χ3n) is 5.29. The Kier molecular flexibility index (Phi) is 9.73. The number of carbonyl (C=O) groups is 5. The molecule has 0 spiro atoms. The number of aliphatic hydroxyl groups excluding tert-OH is 1. The number of aromatic amines is 1. The summed E-state index contributed by atoms with van der Waals surface area (Å²) in [6.07, 6.45) is -0.201. The maximum atomic E-state index is 13.1. The molecule has 0 radical (unpaired) electrons. The zero-order chi connectivity index (χ0) is 26.1. The van der Waals surface area contributed by atoms with Crippen LogP contribution in [0.1, 0.15) is 25.3 Å². The molecule has 0 aliphatic heterocycles. The molecule has 1 aromatic heterocycles. The fourth-order valence-corrected chi connectivity index (χ4v) is 3.45. The first-order valence-electron chi connectivity index (χ1n) is 10.9. The van der Waals surface area contributed by atoms with Crippen LogP contribution in [-0.4, -0.2) is 75.6 Å². The lowest BCUT2D eigenvalue weighted by Gasteiger charge is -2.25. The molecule has 0 fully saturated rings. The van der Waals surface area contributed by atoms with Gasteiger partial charge in [0.15, 0.2) is 6.04 Å². The predicted octanol–water partition coefficient (Wildman–Crippen LogP) is -2.15. The number of carboxylic acid groups (broad SMARTS) is 1. The van der Waals surface area contributed by atoms with Crippen molar-refractivity contribution in [2.45, 2.75) is 50.4 Å². The Morgan fingerprint density at radius 2 is 1.69 bits per heavy atom. The van der Waals surface area contributed by atoms with Gasteiger partial charge in [-0.15, -0.1) is 0 Å². The number of benzene rings is 1. The van der Waals surface area contributed by atoms with Crippen molar-refractivity contribution in [3.8, 4) is 0 Å².